The van der Waals surface area contributed by atoms with Crippen LogP contribution in [0.2, 0.25) is 5.02 Å². The van der Waals surface area contributed by atoms with Crippen molar-refractivity contribution in [2.75, 3.05) is 14.1 Å². The molecule has 0 bridgehead atoms. The highest BCUT2D eigenvalue weighted by atomic mass is 35.5. The summed E-state index contributed by atoms with van der Waals surface area (Å²) < 4.78 is 1.81. The number of hydrogen-bond acceptors (Lipinski definition) is 2. The van der Waals surface area contributed by atoms with E-state index in [0.717, 1.165) is 12.2 Å². The third-order valence-corrected chi connectivity index (χ3v) is 2.89. The topological polar surface area (TPSA) is 33.1 Å². The first kappa shape index (κ1) is 12.3. The minimum atomic E-state index is 0.617. The molecule has 0 amide bonds. The van der Waals surface area contributed by atoms with E-state index >= 15 is 0 Å². The molecule has 0 aromatic carbocycles. The van der Waals surface area contributed by atoms with Gasteiger partial charge in [-0.05, 0) is 19.1 Å². The van der Waals surface area contributed by atoms with Gasteiger partial charge in [0.25, 0.3) is 0 Å². The maximum atomic E-state index is 6.04. The number of aromatic nitrogens is 2. The number of hydrogen-bond donors (Lipinski definition) is 1. The first-order chi connectivity index (χ1) is 7.08. The van der Waals surface area contributed by atoms with E-state index in [1.54, 1.807) is 7.05 Å². The predicted octanol–water partition coefficient (Wildman–Crippen LogP) is 1.49. The summed E-state index contributed by atoms with van der Waals surface area (Å²) in [6.07, 6.45) is 1.83. The molecule has 1 aromatic heterocycles. The molecule has 15 heavy (non-hydrogen) atoms. The Morgan fingerprint density at radius 2 is 2.40 bits per heavy atom. The van der Waals surface area contributed by atoms with Crippen LogP contribution in [0, 0.1) is 0 Å². The molecule has 1 heterocycles. The summed E-state index contributed by atoms with van der Waals surface area (Å²) in [6.45, 7) is 3.46. The lowest BCUT2D eigenvalue weighted by Crippen LogP contribution is -2.34. The minimum Gasteiger partial charge on any atom is -0.366 e. The van der Waals surface area contributed by atoms with E-state index in [1.165, 1.54) is 0 Å². The second kappa shape index (κ2) is 5.32. The Labute approximate surface area is 100 Å². The summed E-state index contributed by atoms with van der Waals surface area (Å²) >= 11 is 11.1. The fourth-order valence-corrected chi connectivity index (χ4v) is 1.47. The first-order valence-corrected chi connectivity index (χ1v) is 5.51. The summed E-state index contributed by atoms with van der Waals surface area (Å²) in [5.74, 6) is 0. The van der Waals surface area contributed by atoms with E-state index in [-0.39, 0.29) is 0 Å². The Bertz CT molecular complexity index is 350. The molecule has 84 valence electrons. The Morgan fingerprint density at radius 1 is 1.73 bits per heavy atom. The molecule has 1 rings (SSSR count). The summed E-state index contributed by atoms with van der Waals surface area (Å²) in [7, 11) is 3.70. The quantitative estimate of drug-likeness (QED) is 0.820. The summed E-state index contributed by atoms with van der Waals surface area (Å²) in [5.41, 5.74) is 0.846. The molecular weight excluding hydrogens is 232 g/mol. The van der Waals surface area contributed by atoms with Crippen molar-refractivity contribution in [3.63, 3.8) is 0 Å². The van der Waals surface area contributed by atoms with Crippen LogP contribution in [-0.4, -0.2) is 33.9 Å². The van der Waals surface area contributed by atoms with Crippen LogP contribution >= 0.6 is 23.8 Å². The van der Waals surface area contributed by atoms with E-state index < -0.39 is 0 Å². The van der Waals surface area contributed by atoms with Crippen molar-refractivity contribution in [1.82, 2.24) is 20.0 Å². The second-order valence-corrected chi connectivity index (χ2v) is 3.98. The number of nitrogens with zero attached hydrogens (tertiary/aromatic N) is 3. The van der Waals surface area contributed by atoms with E-state index in [4.69, 9.17) is 23.8 Å². The summed E-state index contributed by atoms with van der Waals surface area (Å²) in [4.78, 5) is 1.89. The summed E-state index contributed by atoms with van der Waals surface area (Å²) in [5, 5.41) is 8.61. The number of aryl methyl sites for hydroxylation is 1. The smallest absolute Gasteiger partial charge is 0.168 e. The summed E-state index contributed by atoms with van der Waals surface area (Å²) in [6, 6.07) is 0. The first-order valence-electron chi connectivity index (χ1n) is 4.73. The van der Waals surface area contributed by atoms with Gasteiger partial charge < -0.3 is 10.2 Å². The van der Waals surface area contributed by atoms with E-state index in [2.05, 4.69) is 10.4 Å². The highest BCUT2D eigenvalue weighted by Crippen LogP contribution is 2.15. The molecule has 1 aromatic rings. The molecule has 1 N–H and O–H groups in total. The van der Waals surface area contributed by atoms with Crippen LogP contribution in [0.25, 0.3) is 0 Å². The van der Waals surface area contributed by atoms with E-state index in [9.17, 15) is 0 Å². The van der Waals surface area contributed by atoms with Gasteiger partial charge in [-0.25, -0.2) is 0 Å². The van der Waals surface area contributed by atoms with Gasteiger partial charge in [-0.3, -0.25) is 4.68 Å². The average molecular weight is 247 g/mol. The standard InChI is InChI=1S/C9H15ClN4S/c1-4-14-5-7(10)8(12-14)6-13(3)9(15)11-2/h5H,4,6H2,1-3H3,(H,11,15). The molecule has 0 aliphatic heterocycles. The van der Waals surface area contributed by atoms with Crippen LogP contribution in [0.5, 0.6) is 0 Å². The molecule has 0 atom stereocenters. The molecule has 0 saturated carbocycles. The molecule has 4 nitrogen and oxygen atoms in total. The number of halogens is 1. The van der Waals surface area contributed by atoms with Gasteiger partial charge in [-0.1, -0.05) is 11.6 Å². The largest absolute Gasteiger partial charge is 0.366 e. The normalized spacial score (nSPS) is 10.1. The van der Waals surface area contributed by atoms with Gasteiger partial charge in [0.1, 0.15) is 5.69 Å². The molecule has 0 unspecified atom stereocenters. The van der Waals surface area contributed by atoms with Crippen LogP contribution in [0.15, 0.2) is 6.20 Å². The predicted molar refractivity (Wildman–Crippen MR) is 66.0 cm³/mol. The van der Waals surface area contributed by atoms with Crippen LogP contribution in [0.1, 0.15) is 12.6 Å². The van der Waals surface area contributed by atoms with Crippen molar-refractivity contribution in [3.8, 4) is 0 Å². The highest BCUT2D eigenvalue weighted by Gasteiger charge is 2.10. The highest BCUT2D eigenvalue weighted by molar-refractivity contribution is 7.80. The van der Waals surface area contributed by atoms with Gasteiger partial charge in [0, 0.05) is 26.8 Å². The zero-order valence-corrected chi connectivity index (χ0v) is 10.7. The number of nitrogens with one attached hydrogen (secondary N) is 1. The SMILES string of the molecule is CCn1cc(Cl)c(CN(C)C(=S)NC)n1. The van der Waals surface area contributed by atoms with Crippen LogP contribution < -0.4 is 5.32 Å². The van der Waals surface area contributed by atoms with Gasteiger partial charge in [-0.2, -0.15) is 5.10 Å². The number of thiocarbonyl (C=S) groups is 1. The van der Waals surface area contributed by atoms with Gasteiger partial charge >= 0.3 is 0 Å². The fraction of sp³-hybridized carbons (Fsp3) is 0.556. The van der Waals surface area contributed by atoms with Crippen molar-refractivity contribution in [3.05, 3.63) is 16.9 Å². The third-order valence-electron chi connectivity index (χ3n) is 2.06. The third kappa shape index (κ3) is 3.07. The van der Waals surface area contributed by atoms with Gasteiger partial charge in [-0.15, -0.1) is 0 Å². The molecule has 6 heteroatoms. The lowest BCUT2D eigenvalue weighted by atomic mass is 10.4. The average Bonchev–Trinajstić information content (AvgIpc) is 2.58. The van der Waals surface area contributed by atoms with Crippen LogP contribution in [0.3, 0.4) is 0 Å². The minimum absolute atomic E-state index is 0.617. The second-order valence-electron chi connectivity index (χ2n) is 3.19. The monoisotopic (exact) mass is 246 g/mol. The lowest BCUT2D eigenvalue weighted by molar-refractivity contribution is 0.480. The Balaban J connectivity index is 2.71. The van der Waals surface area contributed by atoms with Crippen molar-refractivity contribution < 1.29 is 0 Å². The van der Waals surface area contributed by atoms with Crippen molar-refractivity contribution in [1.29, 1.82) is 0 Å². The molecule has 0 aliphatic rings. The van der Waals surface area contributed by atoms with Crippen molar-refractivity contribution in [2.24, 2.45) is 0 Å². The Morgan fingerprint density at radius 3 is 2.87 bits per heavy atom. The lowest BCUT2D eigenvalue weighted by Gasteiger charge is -2.18. The van der Waals surface area contributed by atoms with Crippen LogP contribution in [-0.2, 0) is 13.1 Å². The fourth-order valence-electron chi connectivity index (χ4n) is 1.19. The number of rotatable bonds is 3. The van der Waals surface area contributed by atoms with Gasteiger partial charge in [0.15, 0.2) is 5.11 Å². The molecule has 0 aliphatic carbocycles. The molecule has 0 saturated heterocycles. The van der Waals surface area contributed by atoms with E-state index in [1.807, 2.05) is 29.7 Å². The van der Waals surface area contributed by atoms with Crippen LogP contribution in [0.4, 0.5) is 0 Å². The zero-order valence-electron chi connectivity index (χ0n) is 9.12. The Hall–Kier alpha value is -0.810. The molecular formula is C9H15ClN4S. The zero-order chi connectivity index (χ0) is 11.4. The van der Waals surface area contributed by atoms with E-state index in [0.29, 0.717) is 16.7 Å². The maximum Gasteiger partial charge on any atom is 0.168 e. The van der Waals surface area contributed by atoms with Crippen molar-refractivity contribution >= 4 is 28.9 Å². The molecule has 0 fully saturated rings. The van der Waals surface area contributed by atoms with Crippen molar-refractivity contribution in [2.45, 2.75) is 20.0 Å². The van der Waals surface area contributed by atoms with Gasteiger partial charge in [0.2, 0.25) is 0 Å². The van der Waals surface area contributed by atoms with Gasteiger partial charge in [0.05, 0.1) is 11.6 Å². The Kier molecular flexibility index (Phi) is 4.35. The molecule has 0 radical (unpaired) electrons. The maximum absolute atomic E-state index is 6.04. The molecule has 0 spiro atoms.